The molecule has 0 atom stereocenters. The molecule has 0 nitrogen and oxygen atoms in total. The molecular formula is C31H47F. The summed E-state index contributed by atoms with van der Waals surface area (Å²) in [5.74, 6) is 5.43. The van der Waals surface area contributed by atoms with E-state index < -0.39 is 0 Å². The standard InChI is InChI=1S/C31H47F/c1-2-3-4-5-24-6-10-26(11-7-24)28-14-18-30(19-15-28)31-20-16-29(17-21-31)27-12-8-25(9-13-27)22-23-32/h2-3,6-7,10-11,25,27-31H,4-5,8-9,12-23H2,1H3/b3-2+/t25-,27-,28?,29-,30?,31-. The lowest BCUT2D eigenvalue weighted by atomic mass is 9.64. The number of hydrogen-bond donors (Lipinski definition) is 0. The van der Waals surface area contributed by atoms with Gasteiger partial charge in [-0.3, -0.25) is 4.39 Å². The average Bonchev–Trinajstić information content (AvgIpc) is 2.86. The van der Waals surface area contributed by atoms with Crippen molar-refractivity contribution in [1.82, 2.24) is 0 Å². The Labute approximate surface area is 197 Å². The molecule has 32 heavy (non-hydrogen) atoms. The molecular weight excluding hydrogens is 391 g/mol. The van der Waals surface area contributed by atoms with E-state index in [2.05, 4.69) is 43.3 Å². The molecule has 4 rings (SSSR count). The normalized spacial score (nSPS) is 34.1. The SMILES string of the molecule is C/C=C/CCc1ccc(C2CCC([C@H]3CC[C@H]([C@H]4CC[C@H](CCF)CC4)CC3)CC2)cc1. The lowest BCUT2D eigenvalue weighted by Gasteiger charge is -2.41. The van der Waals surface area contributed by atoms with Gasteiger partial charge in [0.2, 0.25) is 0 Å². The predicted molar refractivity (Wildman–Crippen MR) is 136 cm³/mol. The van der Waals surface area contributed by atoms with Gasteiger partial charge in [-0.15, -0.1) is 0 Å². The highest BCUT2D eigenvalue weighted by Crippen LogP contribution is 2.47. The molecule has 1 heteroatoms. The van der Waals surface area contributed by atoms with Crippen LogP contribution in [0.2, 0.25) is 0 Å². The zero-order chi connectivity index (χ0) is 22.2. The minimum Gasteiger partial charge on any atom is -0.251 e. The Kier molecular flexibility index (Phi) is 9.30. The fraction of sp³-hybridized carbons (Fsp3) is 0.742. The van der Waals surface area contributed by atoms with Crippen LogP contribution in [0, 0.1) is 29.6 Å². The van der Waals surface area contributed by atoms with Crippen molar-refractivity contribution in [1.29, 1.82) is 0 Å². The number of benzene rings is 1. The van der Waals surface area contributed by atoms with Crippen LogP contribution < -0.4 is 0 Å². The molecule has 0 heterocycles. The molecule has 0 N–H and O–H groups in total. The molecule has 0 amide bonds. The molecule has 178 valence electrons. The van der Waals surface area contributed by atoms with Crippen LogP contribution >= 0.6 is 0 Å². The molecule has 0 bridgehead atoms. The van der Waals surface area contributed by atoms with E-state index in [0.717, 1.165) is 42.4 Å². The van der Waals surface area contributed by atoms with Crippen molar-refractivity contribution in [2.75, 3.05) is 6.67 Å². The summed E-state index contributed by atoms with van der Waals surface area (Å²) in [7, 11) is 0. The van der Waals surface area contributed by atoms with Crippen molar-refractivity contribution in [2.45, 2.75) is 109 Å². The number of alkyl halides is 1. The summed E-state index contributed by atoms with van der Waals surface area (Å²) in [6.45, 7) is 2.00. The van der Waals surface area contributed by atoms with E-state index in [-0.39, 0.29) is 6.67 Å². The van der Waals surface area contributed by atoms with Gasteiger partial charge >= 0.3 is 0 Å². The topological polar surface area (TPSA) is 0 Å². The van der Waals surface area contributed by atoms with Crippen LogP contribution in [0.15, 0.2) is 36.4 Å². The van der Waals surface area contributed by atoms with Crippen molar-refractivity contribution in [3.8, 4) is 0 Å². The summed E-state index contributed by atoms with van der Waals surface area (Å²) in [6.07, 6.45) is 24.6. The van der Waals surface area contributed by atoms with E-state index in [1.807, 2.05) is 0 Å². The van der Waals surface area contributed by atoms with E-state index in [0.29, 0.717) is 5.92 Å². The summed E-state index contributed by atoms with van der Waals surface area (Å²) in [5, 5.41) is 0. The molecule has 0 unspecified atom stereocenters. The maximum absolute atomic E-state index is 12.6. The highest BCUT2D eigenvalue weighted by Gasteiger charge is 2.34. The van der Waals surface area contributed by atoms with Gasteiger partial charge < -0.3 is 0 Å². The van der Waals surface area contributed by atoms with Crippen LogP contribution in [-0.2, 0) is 6.42 Å². The first kappa shape index (κ1) is 24.0. The third-order valence-corrected chi connectivity index (χ3v) is 9.62. The molecule has 0 spiro atoms. The van der Waals surface area contributed by atoms with Crippen molar-refractivity contribution in [3.05, 3.63) is 47.5 Å². The number of rotatable bonds is 8. The first-order chi connectivity index (χ1) is 15.8. The van der Waals surface area contributed by atoms with Gasteiger partial charge in [0.25, 0.3) is 0 Å². The Balaban J connectivity index is 1.17. The molecule has 3 aliphatic rings. The number of halogens is 1. The maximum atomic E-state index is 12.6. The van der Waals surface area contributed by atoms with E-state index in [9.17, 15) is 4.39 Å². The monoisotopic (exact) mass is 438 g/mol. The average molecular weight is 439 g/mol. The van der Waals surface area contributed by atoms with Crippen molar-refractivity contribution in [3.63, 3.8) is 0 Å². The van der Waals surface area contributed by atoms with Crippen LogP contribution in [0.1, 0.15) is 114 Å². The van der Waals surface area contributed by atoms with Gasteiger partial charge in [-0.05, 0) is 137 Å². The highest BCUT2D eigenvalue weighted by atomic mass is 19.1. The second-order valence-electron chi connectivity index (χ2n) is 11.4. The Morgan fingerprint density at radius 3 is 1.72 bits per heavy atom. The van der Waals surface area contributed by atoms with Crippen molar-refractivity contribution < 1.29 is 4.39 Å². The van der Waals surface area contributed by atoms with Crippen LogP contribution in [-0.4, -0.2) is 6.67 Å². The molecule has 0 saturated heterocycles. The van der Waals surface area contributed by atoms with Crippen LogP contribution in [0.3, 0.4) is 0 Å². The Bertz CT molecular complexity index is 665. The van der Waals surface area contributed by atoms with Crippen LogP contribution in [0.25, 0.3) is 0 Å². The van der Waals surface area contributed by atoms with Gasteiger partial charge in [0.15, 0.2) is 0 Å². The van der Waals surface area contributed by atoms with Crippen LogP contribution in [0.4, 0.5) is 4.39 Å². The molecule has 0 radical (unpaired) electrons. The summed E-state index contributed by atoms with van der Waals surface area (Å²) in [4.78, 5) is 0. The van der Waals surface area contributed by atoms with E-state index in [4.69, 9.17) is 0 Å². The molecule has 3 aliphatic carbocycles. The Morgan fingerprint density at radius 2 is 1.22 bits per heavy atom. The first-order valence-corrected chi connectivity index (χ1v) is 14.0. The second kappa shape index (κ2) is 12.4. The van der Waals surface area contributed by atoms with Crippen molar-refractivity contribution in [2.24, 2.45) is 29.6 Å². The molecule has 3 saturated carbocycles. The predicted octanol–water partition coefficient (Wildman–Crippen LogP) is 9.44. The van der Waals surface area contributed by atoms with Gasteiger partial charge in [0.05, 0.1) is 6.67 Å². The largest absolute Gasteiger partial charge is 0.251 e. The van der Waals surface area contributed by atoms with Crippen LogP contribution in [0.5, 0.6) is 0 Å². The molecule has 0 aromatic heterocycles. The van der Waals surface area contributed by atoms with Gasteiger partial charge in [-0.1, -0.05) is 49.3 Å². The number of aryl methyl sites for hydroxylation is 1. The lowest BCUT2D eigenvalue weighted by molar-refractivity contribution is 0.108. The Hall–Kier alpha value is -1.11. The lowest BCUT2D eigenvalue weighted by Crippen LogP contribution is -2.29. The zero-order valence-electron chi connectivity index (χ0n) is 20.6. The van der Waals surface area contributed by atoms with Crippen molar-refractivity contribution >= 4 is 0 Å². The number of hydrogen-bond acceptors (Lipinski definition) is 0. The zero-order valence-corrected chi connectivity index (χ0v) is 20.6. The molecule has 0 aliphatic heterocycles. The summed E-state index contributed by atoms with van der Waals surface area (Å²) in [5.41, 5.74) is 3.07. The van der Waals surface area contributed by atoms with Gasteiger partial charge in [-0.25, -0.2) is 0 Å². The van der Waals surface area contributed by atoms with E-state index >= 15 is 0 Å². The third-order valence-electron chi connectivity index (χ3n) is 9.62. The van der Waals surface area contributed by atoms with Gasteiger partial charge in [0.1, 0.15) is 0 Å². The minimum atomic E-state index is -0.106. The number of allylic oxidation sites excluding steroid dienone is 2. The fourth-order valence-electron chi connectivity index (χ4n) is 7.49. The first-order valence-electron chi connectivity index (χ1n) is 14.0. The Morgan fingerprint density at radius 1 is 0.719 bits per heavy atom. The highest BCUT2D eigenvalue weighted by molar-refractivity contribution is 5.26. The molecule has 1 aromatic carbocycles. The smallest absolute Gasteiger partial charge is 0.0897 e. The summed E-state index contributed by atoms with van der Waals surface area (Å²) in [6, 6.07) is 9.58. The van der Waals surface area contributed by atoms with Gasteiger partial charge in [-0.2, -0.15) is 0 Å². The summed E-state index contributed by atoms with van der Waals surface area (Å²) >= 11 is 0. The second-order valence-corrected chi connectivity index (χ2v) is 11.4. The summed E-state index contributed by atoms with van der Waals surface area (Å²) < 4.78 is 12.6. The van der Waals surface area contributed by atoms with E-state index in [1.165, 1.54) is 89.0 Å². The third kappa shape index (κ3) is 6.48. The molecule has 1 aromatic rings. The quantitative estimate of drug-likeness (QED) is 0.354. The van der Waals surface area contributed by atoms with Gasteiger partial charge in [0, 0.05) is 0 Å². The van der Waals surface area contributed by atoms with E-state index in [1.54, 1.807) is 5.56 Å². The maximum Gasteiger partial charge on any atom is 0.0897 e. The minimum absolute atomic E-state index is 0.106. The fourth-order valence-corrected chi connectivity index (χ4v) is 7.49. The molecule has 3 fully saturated rings.